The number of allylic oxidation sites excluding steroid dienone is 1. The van der Waals surface area contributed by atoms with Gasteiger partial charge in [0.2, 0.25) is 0 Å². The predicted octanol–water partition coefficient (Wildman–Crippen LogP) is -17.7. The van der Waals surface area contributed by atoms with Crippen molar-refractivity contribution < 1.29 is 8.83 Å². The number of benzene rings is 7. The van der Waals surface area contributed by atoms with Crippen LogP contribution >= 0.6 is 0 Å². The van der Waals surface area contributed by atoms with Crippen LogP contribution in [0.2, 0.25) is 6.32 Å². The van der Waals surface area contributed by atoms with Crippen molar-refractivity contribution in [2.45, 2.75) is 6.32 Å². The summed E-state index contributed by atoms with van der Waals surface area (Å²) in [5.74, 6) is 3.26. The molecule has 11 aromatic rings. The molecule has 0 saturated heterocycles. The van der Waals surface area contributed by atoms with E-state index in [0.717, 1.165) is 78.8 Å². The molecule has 0 aliphatic heterocycles. The zero-order chi connectivity index (χ0) is 51.6. The third-order valence-corrected chi connectivity index (χ3v) is 18.7. The Labute approximate surface area is 440 Å². The van der Waals surface area contributed by atoms with Crippen molar-refractivity contribution in [3.63, 3.8) is 0 Å². The molecule has 0 spiro atoms. The van der Waals surface area contributed by atoms with Crippen LogP contribution in [0.15, 0.2) is 62.8 Å². The zero-order valence-electron chi connectivity index (χ0n) is 46.1. The van der Waals surface area contributed by atoms with E-state index in [1.807, 2.05) is 0 Å². The number of rotatable bonds is 5. The highest BCUT2D eigenvalue weighted by atomic mass is 16.3. The van der Waals surface area contributed by atoms with Crippen molar-refractivity contribution in [2.24, 2.45) is 0 Å². The average Bonchev–Trinajstić information content (AvgIpc) is 4.16. The highest BCUT2D eigenvalue weighted by Gasteiger charge is 2.30. The van der Waals surface area contributed by atoms with Crippen molar-refractivity contribution in [3.05, 3.63) is 65.3 Å². The minimum Gasteiger partial charge on any atom is -0.454 e. The first-order valence-corrected chi connectivity index (χ1v) is 25.9. The van der Waals surface area contributed by atoms with Crippen LogP contribution < -0.4 is 87.4 Å². The Kier molecular flexibility index (Phi) is 11.3. The summed E-state index contributed by atoms with van der Waals surface area (Å²) in [5, 5.41) is 8.57. The molecule has 23 heteroatoms. The van der Waals surface area contributed by atoms with Gasteiger partial charge in [0, 0.05) is 54.8 Å². The molecule has 7 aromatic carbocycles. The van der Waals surface area contributed by atoms with Gasteiger partial charge in [-0.1, -0.05) is 113 Å². The molecule has 0 aliphatic carbocycles. The maximum atomic E-state index is 7.30. The second-order valence-electron chi connectivity index (χ2n) is 21.6. The Balaban J connectivity index is 1.23. The van der Waals surface area contributed by atoms with Crippen LogP contribution in [0.5, 0.6) is 0 Å². The van der Waals surface area contributed by atoms with Crippen LogP contribution in [-0.2, 0) is 0 Å². The Bertz CT molecular complexity index is 4440. The summed E-state index contributed by atoms with van der Waals surface area (Å²) in [6, 6.07) is 18.0. The standard InChI is InChI=1S/C49H49B19N2O2/c1-2-17-18(26(52)16(51)11-50)19-27(53)30(56)24-22-32(58)35(61)38(64)41(67)46(22)71-48(24)44(19)69(17)14-7-3-5-12(9-14)13-6-4-8-15(10-13)70-43-20(29(55)34(60)37(63)40(43)66)21-28(54)31(57)25-23-33(59)36(62)39(65)42(68)47(23)72-49(25)45(21)70/h1,3-10H,11,50-68H2/b26-16-. The molecule has 0 amide bonds. The molecule has 0 saturated carbocycles. The second kappa shape index (κ2) is 16.8. The molecule has 4 nitrogen and oxygen atoms in total. The van der Waals surface area contributed by atoms with Gasteiger partial charge in [0.25, 0.3) is 0 Å². The lowest BCUT2D eigenvalue weighted by Gasteiger charge is -2.16. The summed E-state index contributed by atoms with van der Waals surface area (Å²) < 4.78 is 19.4. The SMILES string of the molecule is BC/C(B)=C(/B)c1c(C#C)n(-c2cccc(-c3cccc(-n4c5c(B)c(B)c(B)c(B)c5c5c(B)c(B)c6c(oc7c(B)c(B)c(B)c(B)c76)c54)c3)c2)c2c1c(B)c(B)c1c2oc2c(B)c(B)c(B)c(B)c21. The quantitative estimate of drug-likeness (QED) is 0.127. The first kappa shape index (κ1) is 48.3. The lowest BCUT2D eigenvalue weighted by Crippen LogP contribution is -2.48. The number of fused-ring (bicyclic) bond motifs is 12. The van der Waals surface area contributed by atoms with Crippen LogP contribution in [0.25, 0.3) is 105 Å². The fraction of sp³-hybridized carbons (Fsp3) is 0.0204. The average molecular weight is 903 g/mol. The van der Waals surface area contributed by atoms with Gasteiger partial charge in [-0.15, -0.1) is 28.3 Å². The maximum absolute atomic E-state index is 7.30. The molecule has 324 valence electrons. The molecule has 0 fully saturated rings. The fourth-order valence-electron chi connectivity index (χ4n) is 12.8. The van der Waals surface area contributed by atoms with E-state index in [2.05, 4.69) is 213 Å². The van der Waals surface area contributed by atoms with Gasteiger partial charge < -0.3 is 13.4 Å². The molecule has 0 bridgehead atoms. The monoisotopic (exact) mass is 907 g/mol. The van der Waals surface area contributed by atoms with Crippen LogP contribution in [0, 0.1) is 12.3 Å². The van der Waals surface area contributed by atoms with E-state index in [-0.39, 0.29) is 0 Å². The van der Waals surface area contributed by atoms with Gasteiger partial charge in [0.15, 0.2) is 11.2 Å². The van der Waals surface area contributed by atoms with Crippen LogP contribution in [0.1, 0.15) is 11.3 Å². The maximum Gasteiger partial charge on any atom is 0.159 e. The summed E-state index contributed by atoms with van der Waals surface area (Å²) in [4.78, 5) is 0. The number of aromatic nitrogens is 2. The first-order valence-electron chi connectivity index (χ1n) is 25.9. The van der Waals surface area contributed by atoms with Crippen LogP contribution in [0.3, 0.4) is 0 Å². The van der Waals surface area contributed by atoms with Gasteiger partial charge in [-0.05, 0) is 40.8 Å². The molecule has 0 N–H and O–H groups in total. The summed E-state index contributed by atoms with van der Waals surface area (Å²) in [5.41, 5.74) is 36.5. The van der Waals surface area contributed by atoms with Gasteiger partial charge in [0.1, 0.15) is 166 Å². The molecule has 4 aromatic heterocycles. The van der Waals surface area contributed by atoms with Gasteiger partial charge >= 0.3 is 0 Å². The fourth-order valence-corrected chi connectivity index (χ4v) is 12.8. The molecule has 0 aliphatic rings. The number of hydrogen-bond donors (Lipinski definition) is 0. The third-order valence-electron chi connectivity index (χ3n) is 18.7. The summed E-state index contributed by atoms with van der Waals surface area (Å²) in [7, 11) is 42.9. The molecule has 0 unspecified atom stereocenters. The Morgan fingerprint density at radius 3 is 1.25 bits per heavy atom. The highest BCUT2D eigenvalue weighted by Crippen LogP contribution is 2.41. The molecular weight excluding hydrogens is 854 g/mol. The molecule has 11 rings (SSSR count). The Morgan fingerprint density at radius 1 is 0.417 bits per heavy atom. The predicted molar refractivity (Wildman–Crippen MR) is 374 cm³/mol. The number of furan rings is 2. The summed E-state index contributed by atoms with van der Waals surface area (Å²) >= 11 is 0. The lowest BCUT2D eigenvalue weighted by molar-refractivity contribution is 0.673. The molecule has 4 heterocycles. The van der Waals surface area contributed by atoms with Crippen molar-refractivity contribution in [1.29, 1.82) is 0 Å². The van der Waals surface area contributed by atoms with E-state index in [9.17, 15) is 0 Å². The number of hydrogen-bond acceptors (Lipinski definition) is 2. The molecular formula is C49H49B19N2O2. The second-order valence-corrected chi connectivity index (χ2v) is 21.6. The minimum atomic E-state index is 0.843. The first-order chi connectivity index (χ1) is 34.2. The van der Waals surface area contributed by atoms with Crippen molar-refractivity contribution in [1.82, 2.24) is 9.13 Å². The molecule has 0 atom stereocenters. The van der Waals surface area contributed by atoms with Gasteiger partial charge in [-0.2, -0.15) is 0 Å². The van der Waals surface area contributed by atoms with E-state index in [1.54, 1.807) is 0 Å². The van der Waals surface area contributed by atoms with Crippen LogP contribution in [-0.4, -0.2) is 158 Å². The number of terminal acetylenes is 1. The van der Waals surface area contributed by atoms with Gasteiger partial charge in [-0.25, -0.2) is 0 Å². The van der Waals surface area contributed by atoms with Crippen LogP contribution in [0.4, 0.5) is 0 Å². The van der Waals surface area contributed by atoms with Crippen molar-refractivity contribution in [3.8, 4) is 34.8 Å². The smallest absolute Gasteiger partial charge is 0.159 e. The van der Waals surface area contributed by atoms with Crippen molar-refractivity contribution >= 4 is 319 Å². The molecule has 0 radical (unpaired) electrons. The number of nitrogens with zero attached hydrogens (tertiary/aromatic N) is 2. The van der Waals surface area contributed by atoms with E-state index in [4.69, 9.17) is 15.3 Å². The zero-order valence-corrected chi connectivity index (χ0v) is 46.1. The largest absolute Gasteiger partial charge is 0.454 e. The van der Waals surface area contributed by atoms with E-state index in [1.165, 1.54) is 136 Å². The highest BCUT2D eigenvalue weighted by molar-refractivity contribution is 6.72. The van der Waals surface area contributed by atoms with E-state index in [0.29, 0.717) is 0 Å². The van der Waals surface area contributed by atoms with E-state index >= 15 is 0 Å². The third kappa shape index (κ3) is 6.23. The Hall–Kier alpha value is -5.99. The topological polar surface area (TPSA) is 36.1 Å². The van der Waals surface area contributed by atoms with Gasteiger partial charge in [0.05, 0.1) is 11.0 Å². The van der Waals surface area contributed by atoms with Crippen molar-refractivity contribution in [2.75, 3.05) is 0 Å². The van der Waals surface area contributed by atoms with E-state index < -0.39 is 0 Å². The molecule has 72 heavy (non-hydrogen) atoms. The normalized spacial score (nSPS) is 12.4. The Morgan fingerprint density at radius 2 is 0.778 bits per heavy atom. The summed E-state index contributed by atoms with van der Waals surface area (Å²) in [6.45, 7) is 0. The lowest BCUT2D eigenvalue weighted by atomic mass is 9.64. The summed E-state index contributed by atoms with van der Waals surface area (Å²) in [6.07, 6.45) is 7.70. The minimum absolute atomic E-state index is 0.843. The van der Waals surface area contributed by atoms with Gasteiger partial charge in [-0.3, -0.25) is 4.57 Å².